The van der Waals surface area contributed by atoms with Gasteiger partial charge in [0.15, 0.2) is 0 Å². The van der Waals surface area contributed by atoms with Crippen LogP contribution in [0.25, 0.3) is 0 Å². The lowest BCUT2D eigenvalue weighted by Gasteiger charge is -2.36. The molecule has 4 amide bonds. The Bertz CT molecular complexity index is 954. The minimum absolute atomic E-state index is 0.0814. The van der Waals surface area contributed by atoms with Crippen LogP contribution in [0.1, 0.15) is 62.3 Å². The molecule has 0 aromatic heterocycles. The Morgan fingerprint density at radius 3 is 1.81 bits per heavy atom. The summed E-state index contributed by atoms with van der Waals surface area (Å²) in [7, 11) is 0. The van der Waals surface area contributed by atoms with Crippen LogP contribution < -0.4 is 0 Å². The van der Waals surface area contributed by atoms with Crippen molar-refractivity contribution < 1.29 is 28.7 Å². The lowest BCUT2D eigenvalue weighted by Crippen LogP contribution is -2.52. The first kappa shape index (κ1) is 27.4. The van der Waals surface area contributed by atoms with Crippen molar-refractivity contribution in [1.82, 2.24) is 19.6 Å². The largest absolute Gasteiger partial charge is 0.444 e. The number of benzene rings is 1. The number of ether oxygens (including phenoxy) is 2. The number of piperazine rings is 1. The first-order chi connectivity index (χ1) is 16.7. The van der Waals surface area contributed by atoms with Crippen LogP contribution in [0.15, 0.2) is 24.3 Å². The Morgan fingerprint density at radius 2 is 1.31 bits per heavy atom. The molecule has 36 heavy (non-hydrogen) atoms. The number of carbonyl (C=O) groups is 4. The number of rotatable bonds is 6. The predicted molar refractivity (Wildman–Crippen MR) is 134 cm³/mol. The molecule has 1 fully saturated rings. The van der Waals surface area contributed by atoms with Crippen LogP contribution in [0.5, 0.6) is 0 Å². The summed E-state index contributed by atoms with van der Waals surface area (Å²) < 4.78 is 11.0. The monoisotopic (exact) mass is 502 g/mol. The Kier molecular flexibility index (Phi) is 8.28. The van der Waals surface area contributed by atoms with Crippen molar-refractivity contribution >= 4 is 24.0 Å². The maximum absolute atomic E-state index is 12.9. The fourth-order valence-electron chi connectivity index (χ4n) is 4.03. The van der Waals surface area contributed by atoms with Crippen molar-refractivity contribution in [2.24, 2.45) is 0 Å². The van der Waals surface area contributed by atoms with Crippen molar-refractivity contribution in [3.05, 3.63) is 35.4 Å². The molecule has 198 valence electrons. The predicted octanol–water partition coefficient (Wildman–Crippen LogP) is 3.07. The average Bonchev–Trinajstić information content (AvgIpc) is 3.02. The molecule has 3 rings (SSSR count). The number of nitrogens with zero attached hydrogens (tertiary/aromatic N) is 4. The highest BCUT2D eigenvalue weighted by atomic mass is 16.6. The second-order valence-electron chi connectivity index (χ2n) is 11.1. The van der Waals surface area contributed by atoms with Crippen LogP contribution in [0.4, 0.5) is 9.59 Å². The third kappa shape index (κ3) is 7.19. The van der Waals surface area contributed by atoms with Gasteiger partial charge in [0.2, 0.25) is 0 Å². The van der Waals surface area contributed by atoms with Gasteiger partial charge in [-0.15, -0.1) is 0 Å². The molecule has 2 heterocycles. The molecule has 2 aliphatic heterocycles. The van der Waals surface area contributed by atoms with Gasteiger partial charge in [0, 0.05) is 52.4 Å². The zero-order valence-corrected chi connectivity index (χ0v) is 22.2. The van der Waals surface area contributed by atoms with E-state index in [0.717, 1.165) is 0 Å². The van der Waals surface area contributed by atoms with Gasteiger partial charge in [-0.05, 0) is 53.7 Å². The summed E-state index contributed by atoms with van der Waals surface area (Å²) in [4.78, 5) is 57.2. The van der Waals surface area contributed by atoms with E-state index in [1.807, 2.05) is 20.8 Å². The number of carbonyl (C=O) groups excluding carboxylic acids is 4. The van der Waals surface area contributed by atoms with Gasteiger partial charge in [-0.3, -0.25) is 19.4 Å². The van der Waals surface area contributed by atoms with Crippen LogP contribution in [-0.4, -0.2) is 107 Å². The Morgan fingerprint density at radius 1 is 0.806 bits per heavy atom. The van der Waals surface area contributed by atoms with E-state index in [-0.39, 0.29) is 31.0 Å². The Balaban J connectivity index is 1.57. The molecular formula is C26H38N4O6. The van der Waals surface area contributed by atoms with Crippen molar-refractivity contribution in [2.45, 2.75) is 52.7 Å². The van der Waals surface area contributed by atoms with E-state index in [0.29, 0.717) is 50.4 Å². The molecule has 1 aromatic carbocycles. The van der Waals surface area contributed by atoms with Gasteiger partial charge in [0.1, 0.15) is 11.2 Å². The number of imide groups is 1. The van der Waals surface area contributed by atoms with Crippen molar-refractivity contribution in [2.75, 3.05) is 52.4 Å². The lowest BCUT2D eigenvalue weighted by atomic mass is 10.1. The summed E-state index contributed by atoms with van der Waals surface area (Å²) >= 11 is 0. The molecule has 0 bridgehead atoms. The summed E-state index contributed by atoms with van der Waals surface area (Å²) in [5.41, 5.74) is -0.450. The summed E-state index contributed by atoms with van der Waals surface area (Å²) in [6, 6.07) is 6.72. The van der Waals surface area contributed by atoms with Crippen molar-refractivity contribution in [3.63, 3.8) is 0 Å². The zero-order valence-electron chi connectivity index (χ0n) is 22.2. The molecule has 1 aromatic rings. The number of hydrogen-bond acceptors (Lipinski definition) is 7. The molecule has 2 aliphatic rings. The number of hydrogen-bond donors (Lipinski definition) is 0. The van der Waals surface area contributed by atoms with Crippen LogP contribution in [0, 0.1) is 0 Å². The molecule has 10 nitrogen and oxygen atoms in total. The number of amides is 4. The van der Waals surface area contributed by atoms with Gasteiger partial charge in [-0.1, -0.05) is 12.1 Å². The average molecular weight is 503 g/mol. The maximum Gasteiger partial charge on any atom is 0.410 e. The first-order valence-electron chi connectivity index (χ1n) is 12.4. The molecule has 0 spiro atoms. The first-order valence-corrected chi connectivity index (χ1v) is 12.4. The third-order valence-electron chi connectivity index (χ3n) is 5.83. The van der Waals surface area contributed by atoms with E-state index < -0.39 is 17.3 Å². The second-order valence-corrected chi connectivity index (χ2v) is 11.1. The second kappa shape index (κ2) is 10.9. The van der Waals surface area contributed by atoms with Gasteiger partial charge in [-0.2, -0.15) is 0 Å². The Hall–Kier alpha value is -3.14. The maximum atomic E-state index is 12.9. The molecule has 0 aliphatic carbocycles. The summed E-state index contributed by atoms with van der Waals surface area (Å²) in [6.07, 6.45) is -0.815. The van der Waals surface area contributed by atoms with E-state index in [9.17, 15) is 19.2 Å². The standard InChI is InChI=1S/C26H38N4O6/c1-25(2,3)35-23(33)28-14-11-27(12-15-28)13-16-29(24(34)36-26(4,5)6)17-18-30-21(31)19-9-7-8-10-20(19)22(30)32/h7-10H,11-18H2,1-6H3. The normalized spacial score (nSPS) is 16.7. The van der Waals surface area contributed by atoms with Crippen LogP contribution in [0.2, 0.25) is 0 Å². The van der Waals surface area contributed by atoms with Gasteiger partial charge in [-0.25, -0.2) is 9.59 Å². The van der Waals surface area contributed by atoms with Crippen LogP contribution in [0.3, 0.4) is 0 Å². The summed E-state index contributed by atoms with van der Waals surface area (Å²) in [6.45, 7) is 14.5. The molecular weight excluding hydrogens is 464 g/mol. The van der Waals surface area contributed by atoms with Crippen LogP contribution in [-0.2, 0) is 9.47 Å². The van der Waals surface area contributed by atoms with Gasteiger partial charge in [0.25, 0.3) is 11.8 Å². The minimum Gasteiger partial charge on any atom is -0.444 e. The topological polar surface area (TPSA) is 99.7 Å². The van der Waals surface area contributed by atoms with Gasteiger partial charge in [0.05, 0.1) is 11.1 Å². The molecule has 1 saturated heterocycles. The minimum atomic E-state index is -0.677. The van der Waals surface area contributed by atoms with Gasteiger partial charge < -0.3 is 19.3 Å². The highest BCUT2D eigenvalue weighted by Gasteiger charge is 2.36. The molecule has 0 unspecified atom stereocenters. The fraction of sp³-hybridized carbons (Fsp3) is 0.615. The van der Waals surface area contributed by atoms with Crippen molar-refractivity contribution in [3.8, 4) is 0 Å². The lowest BCUT2D eigenvalue weighted by molar-refractivity contribution is 0.0109. The van der Waals surface area contributed by atoms with E-state index in [2.05, 4.69) is 4.90 Å². The summed E-state index contributed by atoms with van der Waals surface area (Å²) in [5, 5.41) is 0. The SMILES string of the molecule is CC(C)(C)OC(=O)N1CCN(CCN(CCN2C(=O)c3ccccc3C2=O)C(=O)OC(C)(C)C)CC1. The highest BCUT2D eigenvalue weighted by molar-refractivity contribution is 6.21. The van der Waals surface area contributed by atoms with Crippen LogP contribution >= 0.6 is 0 Å². The van der Waals surface area contributed by atoms with E-state index >= 15 is 0 Å². The van der Waals surface area contributed by atoms with E-state index in [1.54, 1.807) is 49.9 Å². The van der Waals surface area contributed by atoms with Gasteiger partial charge >= 0.3 is 12.2 Å². The Labute approximate surface area is 213 Å². The zero-order chi connectivity index (χ0) is 26.7. The third-order valence-corrected chi connectivity index (χ3v) is 5.83. The van der Waals surface area contributed by atoms with E-state index in [4.69, 9.17) is 9.47 Å². The smallest absolute Gasteiger partial charge is 0.410 e. The highest BCUT2D eigenvalue weighted by Crippen LogP contribution is 2.22. The quantitative estimate of drug-likeness (QED) is 0.551. The van der Waals surface area contributed by atoms with Crippen molar-refractivity contribution in [1.29, 1.82) is 0 Å². The summed E-state index contributed by atoms with van der Waals surface area (Å²) in [5.74, 6) is -0.698. The molecule has 0 saturated carbocycles. The molecule has 0 atom stereocenters. The van der Waals surface area contributed by atoms with E-state index in [1.165, 1.54) is 9.80 Å². The number of fused-ring (bicyclic) bond motifs is 1. The molecule has 0 N–H and O–H groups in total. The fourth-order valence-corrected chi connectivity index (χ4v) is 4.03. The molecule has 0 radical (unpaired) electrons. The molecule has 10 heteroatoms.